The number of para-hydroxylation sites is 2. The minimum Gasteiger partial charge on any atom is -0.305 e. The van der Waals surface area contributed by atoms with Crippen LogP contribution >= 0.6 is 22.9 Å². The van der Waals surface area contributed by atoms with E-state index in [4.69, 9.17) is 18.0 Å². The Morgan fingerprint density at radius 3 is 2.88 bits per heavy atom. The van der Waals surface area contributed by atoms with Crippen LogP contribution in [0.3, 0.4) is 0 Å². The Hall–Kier alpha value is -3.01. The van der Waals surface area contributed by atoms with E-state index in [9.17, 15) is 4.79 Å². The summed E-state index contributed by atoms with van der Waals surface area (Å²) in [5.74, 6) is 2.13. The van der Waals surface area contributed by atoms with Crippen LogP contribution in [0.5, 0.6) is 0 Å². The topological polar surface area (TPSA) is 60.1 Å². The molecule has 0 spiro atoms. The van der Waals surface area contributed by atoms with Gasteiger partial charge in [0.15, 0.2) is 4.80 Å². The maximum Gasteiger partial charge on any atom is 0.299 e. The molecular weight excluding hydrogens is 368 g/mol. The van der Waals surface area contributed by atoms with Gasteiger partial charge >= 0.3 is 0 Å². The molecule has 7 heteroatoms. The third-order valence-electron chi connectivity index (χ3n) is 3.76. The Morgan fingerprint density at radius 1 is 1.27 bits per heavy atom. The summed E-state index contributed by atoms with van der Waals surface area (Å²) >= 11 is 7.41. The van der Waals surface area contributed by atoms with Crippen molar-refractivity contribution >= 4 is 50.1 Å². The fraction of sp³-hybridized carbons (Fsp3) is 0.0526. The van der Waals surface area contributed by atoms with Crippen LogP contribution in [0.25, 0.3) is 21.3 Å². The monoisotopic (exact) mass is 378 g/mol. The van der Waals surface area contributed by atoms with Crippen LogP contribution in [-0.2, 0) is 6.54 Å². The number of carbonyl (C=O) groups excluding carboxylic acids is 1. The molecule has 5 nitrogen and oxygen atoms in total. The van der Waals surface area contributed by atoms with Crippen molar-refractivity contribution in [2.75, 3.05) is 0 Å². The van der Waals surface area contributed by atoms with Crippen LogP contribution in [0.4, 0.5) is 0 Å². The molecule has 0 N–H and O–H groups in total. The molecule has 2 heterocycles. The fourth-order valence-electron chi connectivity index (χ4n) is 2.58. The van der Waals surface area contributed by atoms with E-state index >= 15 is 0 Å². The molecular formula is C19H11ClN4OS. The van der Waals surface area contributed by atoms with Gasteiger partial charge in [-0.1, -0.05) is 41.0 Å². The van der Waals surface area contributed by atoms with Crippen LogP contribution in [0.2, 0.25) is 5.02 Å². The predicted molar refractivity (Wildman–Crippen MR) is 103 cm³/mol. The van der Waals surface area contributed by atoms with Crippen molar-refractivity contribution < 1.29 is 4.79 Å². The maximum atomic E-state index is 12.6. The van der Waals surface area contributed by atoms with Gasteiger partial charge in [-0.2, -0.15) is 4.99 Å². The van der Waals surface area contributed by atoms with E-state index in [0.29, 0.717) is 21.9 Å². The number of benzene rings is 2. The number of thiazole rings is 1. The molecule has 0 fully saturated rings. The van der Waals surface area contributed by atoms with Gasteiger partial charge in [0.1, 0.15) is 5.69 Å². The first-order chi connectivity index (χ1) is 12.7. The Balaban J connectivity index is 1.84. The number of nitrogens with zero attached hydrogens (tertiary/aromatic N) is 4. The Morgan fingerprint density at radius 2 is 2.08 bits per heavy atom. The highest BCUT2D eigenvalue weighted by Crippen LogP contribution is 2.22. The van der Waals surface area contributed by atoms with E-state index in [-0.39, 0.29) is 5.69 Å². The lowest BCUT2D eigenvalue weighted by molar-refractivity contribution is 0.0993. The molecule has 26 heavy (non-hydrogen) atoms. The van der Waals surface area contributed by atoms with Crippen LogP contribution in [0, 0.1) is 12.3 Å². The number of carbonyl (C=O) groups is 1. The Labute approximate surface area is 157 Å². The smallest absolute Gasteiger partial charge is 0.299 e. The summed E-state index contributed by atoms with van der Waals surface area (Å²) in [5.41, 5.74) is 2.44. The molecule has 0 aliphatic rings. The summed E-state index contributed by atoms with van der Waals surface area (Å²) in [7, 11) is 0. The number of hydrogen-bond acceptors (Lipinski definition) is 4. The summed E-state index contributed by atoms with van der Waals surface area (Å²) in [6.45, 7) is 0.303. The normalized spacial score (nSPS) is 11.8. The summed E-state index contributed by atoms with van der Waals surface area (Å²) in [5, 5.41) is 0.616. The van der Waals surface area contributed by atoms with Crippen molar-refractivity contribution in [2.24, 2.45) is 4.99 Å². The number of hydrogen-bond donors (Lipinski definition) is 0. The molecule has 0 aliphatic heterocycles. The van der Waals surface area contributed by atoms with E-state index in [0.717, 1.165) is 15.7 Å². The van der Waals surface area contributed by atoms with Gasteiger partial charge in [0, 0.05) is 5.02 Å². The van der Waals surface area contributed by atoms with Gasteiger partial charge in [0.2, 0.25) is 0 Å². The fourth-order valence-corrected chi connectivity index (χ4v) is 3.88. The highest BCUT2D eigenvalue weighted by molar-refractivity contribution is 7.16. The van der Waals surface area contributed by atoms with Crippen LogP contribution in [0.1, 0.15) is 10.5 Å². The highest BCUT2D eigenvalue weighted by Gasteiger charge is 2.11. The molecule has 0 radical (unpaired) electrons. The maximum absolute atomic E-state index is 12.6. The number of amides is 1. The largest absolute Gasteiger partial charge is 0.305 e. The molecule has 0 saturated heterocycles. The van der Waals surface area contributed by atoms with Crippen molar-refractivity contribution in [1.29, 1.82) is 0 Å². The van der Waals surface area contributed by atoms with E-state index < -0.39 is 5.91 Å². The van der Waals surface area contributed by atoms with Crippen molar-refractivity contribution in [3.8, 4) is 12.3 Å². The van der Waals surface area contributed by atoms with Gasteiger partial charge in [-0.15, -0.1) is 6.42 Å². The number of aromatic nitrogens is 3. The molecule has 2 aromatic heterocycles. The summed E-state index contributed by atoms with van der Waals surface area (Å²) in [6, 6.07) is 12.8. The number of rotatable bonds is 2. The standard InChI is InChI=1S/C19H11ClN4OS/c1-2-9-24-16-8-7-12(20)10-17(16)26-19(24)23-18(25)15-11-21-13-5-3-4-6-14(13)22-15/h1,3-8,10-11H,9H2. The van der Waals surface area contributed by atoms with Gasteiger partial charge in [-0.3, -0.25) is 9.78 Å². The summed E-state index contributed by atoms with van der Waals surface area (Å²) < 4.78 is 2.71. The molecule has 0 bridgehead atoms. The van der Waals surface area contributed by atoms with E-state index in [1.807, 2.05) is 34.9 Å². The van der Waals surface area contributed by atoms with E-state index in [1.165, 1.54) is 17.5 Å². The first-order valence-corrected chi connectivity index (χ1v) is 8.88. The molecule has 0 aliphatic carbocycles. The average molecular weight is 379 g/mol. The van der Waals surface area contributed by atoms with Gasteiger partial charge in [0.05, 0.1) is 34.0 Å². The van der Waals surface area contributed by atoms with E-state index in [2.05, 4.69) is 20.9 Å². The lowest BCUT2D eigenvalue weighted by Crippen LogP contribution is -2.17. The Kier molecular flexibility index (Phi) is 4.25. The zero-order chi connectivity index (χ0) is 18.1. The lowest BCUT2D eigenvalue weighted by Gasteiger charge is -2.00. The molecule has 2 aromatic carbocycles. The molecule has 126 valence electrons. The van der Waals surface area contributed by atoms with Gasteiger partial charge in [0.25, 0.3) is 5.91 Å². The van der Waals surface area contributed by atoms with Gasteiger partial charge in [-0.05, 0) is 30.3 Å². The first-order valence-electron chi connectivity index (χ1n) is 7.69. The zero-order valence-corrected chi connectivity index (χ0v) is 15.0. The molecule has 0 atom stereocenters. The molecule has 4 rings (SSSR count). The molecule has 4 aromatic rings. The minimum atomic E-state index is -0.466. The molecule has 0 saturated carbocycles. The Bertz CT molecular complexity index is 1270. The molecule has 1 amide bonds. The quantitative estimate of drug-likeness (QED) is 0.500. The van der Waals surface area contributed by atoms with E-state index in [1.54, 1.807) is 12.1 Å². The lowest BCUT2D eigenvalue weighted by atomic mass is 10.3. The second-order valence-corrected chi connectivity index (χ2v) is 6.89. The van der Waals surface area contributed by atoms with Crippen LogP contribution < -0.4 is 4.80 Å². The first kappa shape index (κ1) is 16.5. The number of terminal acetylenes is 1. The van der Waals surface area contributed by atoms with Crippen molar-refractivity contribution in [3.63, 3.8) is 0 Å². The second-order valence-electron chi connectivity index (χ2n) is 5.45. The third-order valence-corrected chi connectivity index (χ3v) is 5.04. The predicted octanol–water partition coefficient (Wildman–Crippen LogP) is 3.67. The molecule has 0 unspecified atom stereocenters. The highest BCUT2D eigenvalue weighted by atomic mass is 35.5. The number of halogens is 1. The van der Waals surface area contributed by atoms with Crippen LogP contribution in [0.15, 0.2) is 53.7 Å². The number of fused-ring (bicyclic) bond motifs is 2. The van der Waals surface area contributed by atoms with Crippen molar-refractivity contribution in [2.45, 2.75) is 6.54 Å². The third kappa shape index (κ3) is 2.99. The zero-order valence-electron chi connectivity index (χ0n) is 13.4. The second kappa shape index (κ2) is 6.71. The average Bonchev–Trinajstić information content (AvgIpc) is 2.98. The van der Waals surface area contributed by atoms with Gasteiger partial charge < -0.3 is 4.57 Å². The summed E-state index contributed by atoms with van der Waals surface area (Å²) in [4.78, 5) is 25.9. The minimum absolute atomic E-state index is 0.187. The van der Waals surface area contributed by atoms with Crippen molar-refractivity contribution in [3.05, 3.63) is 64.2 Å². The van der Waals surface area contributed by atoms with Crippen LogP contribution in [-0.4, -0.2) is 20.4 Å². The van der Waals surface area contributed by atoms with Crippen molar-refractivity contribution in [1.82, 2.24) is 14.5 Å². The van der Waals surface area contributed by atoms with Gasteiger partial charge in [-0.25, -0.2) is 4.98 Å². The summed E-state index contributed by atoms with van der Waals surface area (Å²) in [6.07, 6.45) is 6.91. The SMILES string of the molecule is C#CCn1c(=NC(=O)c2cnc3ccccc3n2)sc2cc(Cl)ccc21.